The summed E-state index contributed by atoms with van der Waals surface area (Å²) in [7, 11) is 0. The van der Waals surface area contributed by atoms with Gasteiger partial charge in [-0.15, -0.1) is 0 Å². The molecule has 3 aliphatic carbocycles. The minimum Gasteiger partial charge on any atom is -0.480 e. The molecule has 3 aliphatic rings. The number of fused-ring (bicyclic) bond motifs is 2. The Balaban J connectivity index is 1.46. The monoisotopic (exact) mass is 423 g/mol. The van der Waals surface area contributed by atoms with E-state index in [2.05, 4.69) is 29.6 Å². The van der Waals surface area contributed by atoms with E-state index in [1.807, 2.05) is 24.3 Å². The number of anilines is 1. The van der Waals surface area contributed by atoms with Crippen LogP contribution in [-0.4, -0.2) is 16.6 Å². The predicted molar refractivity (Wildman–Crippen MR) is 121 cm³/mol. The first kappa shape index (κ1) is 19.9. The molecule has 0 radical (unpaired) electrons. The zero-order valence-electron chi connectivity index (χ0n) is 17.4. The highest BCUT2D eigenvalue weighted by Gasteiger charge is 2.55. The fourth-order valence-electron chi connectivity index (χ4n) is 6.79. The van der Waals surface area contributed by atoms with Crippen molar-refractivity contribution in [3.63, 3.8) is 0 Å². The van der Waals surface area contributed by atoms with E-state index in [0.717, 1.165) is 24.4 Å². The fourth-order valence-corrected chi connectivity index (χ4v) is 6.98. The average molecular weight is 424 g/mol. The number of carbonyl (C=O) groups is 1. The van der Waals surface area contributed by atoms with Crippen LogP contribution in [0.3, 0.4) is 0 Å². The molecule has 1 atom stereocenters. The lowest BCUT2D eigenvalue weighted by Gasteiger charge is -2.48. The van der Waals surface area contributed by atoms with Crippen molar-refractivity contribution in [2.45, 2.75) is 68.7 Å². The molecule has 0 unspecified atom stereocenters. The van der Waals surface area contributed by atoms with Gasteiger partial charge >= 0.3 is 5.97 Å². The SMILES string of the molecule is O=C(O)C1(Nc2cccc(Cl)c2)CCC2(CC1)c1ccccc1C[C@@H]2C1CCCC1. The number of rotatable bonds is 4. The van der Waals surface area contributed by atoms with Gasteiger partial charge in [0.1, 0.15) is 5.54 Å². The van der Waals surface area contributed by atoms with Crippen molar-refractivity contribution < 1.29 is 9.90 Å². The van der Waals surface area contributed by atoms with Gasteiger partial charge in [0.05, 0.1) is 0 Å². The lowest BCUT2D eigenvalue weighted by atomic mass is 9.58. The Hall–Kier alpha value is -2.00. The van der Waals surface area contributed by atoms with Gasteiger partial charge in [-0.2, -0.15) is 0 Å². The zero-order valence-corrected chi connectivity index (χ0v) is 18.1. The number of halogens is 1. The van der Waals surface area contributed by atoms with Gasteiger partial charge in [-0.1, -0.05) is 67.6 Å². The molecule has 30 heavy (non-hydrogen) atoms. The molecule has 1 spiro atoms. The van der Waals surface area contributed by atoms with E-state index in [1.54, 1.807) is 0 Å². The quantitative estimate of drug-likeness (QED) is 0.594. The molecular formula is C26H30ClNO2. The smallest absolute Gasteiger partial charge is 0.329 e. The summed E-state index contributed by atoms with van der Waals surface area (Å²) in [5.74, 6) is 0.701. The summed E-state index contributed by atoms with van der Waals surface area (Å²) in [5.41, 5.74) is 3.01. The van der Waals surface area contributed by atoms with Gasteiger partial charge in [0, 0.05) is 10.7 Å². The van der Waals surface area contributed by atoms with Crippen molar-refractivity contribution in [1.82, 2.24) is 0 Å². The molecule has 0 amide bonds. The Bertz CT molecular complexity index is 942. The van der Waals surface area contributed by atoms with Crippen LogP contribution in [0, 0.1) is 11.8 Å². The predicted octanol–water partition coefficient (Wildman–Crippen LogP) is 6.45. The van der Waals surface area contributed by atoms with Crippen LogP contribution in [0.5, 0.6) is 0 Å². The van der Waals surface area contributed by atoms with E-state index in [0.29, 0.717) is 23.8 Å². The lowest BCUT2D eigenvalue weighted by molar-refractivity contribution is -0.144. The van der Waals surface area contributed by atoms with Gasteiger partial charge in [-0.25, -0.2) is 4.79 Å². The van der Waals surface area contributed by atoms with Crippen molar-refractivity contribution in [2.75, 3.05) is 5.32 Å². The molecule has 3 nitrogen and oxygen atoms in total. The van der Waals surface area contributed by atoms with Crippen molar-refractivity contribution in [1.29, 1.82) is 0 Å². The van der Waals surface area contributed by atoms with E-state index in [1.165, 1.54) is 43.2 Å². The molecule has 0 aliphatic heterocycles. The van der Waals surface area contributed by atoms with Crippen molar-refractivity contribution >= 4 is 23.3 Å². The normalized spacial score (nSPS) is 31.0. The first-order valence-corrected chi connectivity index (χ1v) is 11.8. The summed E-state index contributed by atoms with van der Waals surface area (Å²) < 4.78 is 0. The minimum absolute atomic E-state index is 0.139. The molecule has 0 heterocycles. The number of aliphatic carboxylic acids is 1. The molecule has 2 aromatic carbocycles. The van der Waals surface area contributed by atoms with Crippen molar-refractivity contribution in [2.24, 2.45) is 11.8 Å². The summed E-state index contributed by atoms with van der Waals surface area (Å²) >= 11 is 6.15. The third-order valence-electron chi connectivity index (χ3n) is 8.29. The fraction of sp³-hybridized carbons (Fsp3) is 0.500. The number of benzene rings is 2. The molecule has 2 fully saturated rings. The van der Waals surface area contributed by atoms with Crippen LogP contribution in [0.4, 0.5) is 5.69 Å². The molecule has 2 aromatic rings. The second-order valence-corrected chi connectivity index (χ2v) is 10.1. The Morgan fingerprint density at radius 1 is 1.00 bits per heavy atom. The van der Waals surface area contributed by atoms with Gasteiger partial charge in [-0.05, 0) is 78.7 Å². The van der Waals surface area contributed by atoms with Crippen LogP contribution < -0.4 is 5.32 Å². The first-order valence-electron chi connectivity index (χ1n) is 11.4. The molecule has 0 saturated heterocycles. The van der Waals surface area contributed by atoms with Crippen molar-refractivity contribution in [3.05, 3.63) is 64.7 Å². The van der Waals surface area contributed by atoms with Crippen LogP contribution in [0.15, 0.2) is 48.5 Å². The Morgan fingerprint density at radius 3 is 2.43 bits per heavy atom. The molecule has 2 N–H and O–H groups in total. The topological polar surface area (TPSA) is 49.3 Å². The molecule has 0 aromatic heterocycles. The maximum atomic E-state index is 12.5. The number of hydrogen-bond acceptors (Lipinski definition) is 2. The van der Waals surface area contributed by atoms with E-state index in [4.69, 9.17) is 11.6 Å². The Kier molecular flexibility index (Phi) is 5.05. The maximum absolute atomic E-state index is 12.5. The average Bonchev–Trinajstić information content (AvgIpc) is 3.37. The number of carboxylic acids is 1. The van der Waals surface area contributed by atoms with Gasteiger partial charge in [0.15, 0.2) is 0 Å². The molecule has 2 saturated carbocycles. The largest absolute Gasteiger partial charge is 0.480 e. The van der Waals surface area contributed by atoms with Gasteiger partial charge in [0.2, 0.25) is 0 Å². The van der Waals surface area contributed by atoms with E-state index >= 15 is 0 Å². The highest BCUT2D eigenvalue weighted by atomic mass is 35.5. The third-order valence-corrected chi connectivity index (χ3v) is 8.52. The van der Waals surface area contributed by atoms with Crippen LogP contribution in [-0.2, 0) is 16.6 Å². The first-order chi connectivity index (χ1) is 14.5. The second kappa shape index (κ2) is 7.60. The van der Waals surface area contributed by atoms with Gasteiger partial charge < -0.3 is 10.4 Å². The molecule has 158 valence electrons. The highest BCUT2D eigenvalue weighted by Crippen LogP contribution is 2.58. The highest BCUT2D eigenvalue weighted by molar-refractivity contribution is 6.30. The summed E-state index contributed by atoms with van der Waals surface area (Å²) in [6.07, 6.45) is 9.71. The summed E-state index contributed by atoms with van der Waals surface area (Å²) in [4.78, 5) is 12.5. The molecule has 0 bridgehead atoms. The second-order valence-electron chi connectivity index (χ2n) is 9.69. The Labute approximate surface area is 183 Å². The van der Waals surface area contributed by atoms with E-state index in [-0.39, 0.29) is 5.41 Å². The van der Waals surface area contributed by atoms with Crippen LogP contribution in [0.2, 0.25) is 5.02 Å². The maximum Gasteiger partial charge on any atom is 0.329 e. The van der Waals surface area contributed by atoms with Crippen LogP contribution in [0.1, 0.15) is 62.5 Å². The summed E-state index contributed by atoms with van der Waals surface area (Å²) in [5, 5.41) is 14.2. The van der Waals surface area contributed by atoms with E-state index < -0.39 is 11.5 Å². The van der Waals surface area contributed by atoms with E-state index in [9.17, 15) is 9.90 Å². The molecule has 5 rings (SSSR count). The molecular weight excluding hydrogens is 394 g/mol. The number of hydrogen-bond donors (Lipinski definition) is 2. The number of carboxylic acid groups (broad SMARTS) is 1. The van der Waals surface area contributed by atoms with Crippen LogP contribution in [0.25, 0.3) is 0 Å². The standard InChI is InChI=1S/C26H30ClNO2/c27-20-9-5-10-21(17-20)28-26(24(29)30)14-12-25(13-15-26)22-11-4-3-8-19(22)16-23(25)18-6-1-2-7-18/h3-5,8-11,17-18,23,28H,1-2,6-7,12-16H2,(H,29,30)/t23-,25?,26?/m1/s1. The summed E-state index contributed by atoms with van der Waals surface area (Å²) in [6, 6.07) is 16.4. The summed E-state index contributed by atoms with van der Waals surface area (Å²) in [6.45, 7) is 0. The molecule has 4 heteroatoms. The van der Waals surface area contributed by atoms with Gasteiger partial charge in [-0.3, -0.25) is 0 Å². The zero-order chi connectivity index (χ0) is 20.8. The lowest BCUT2D eigenvalue weighted by Crippen LogP contribution is -2.53. The van der Waals surface area contributed by atoms with Gasteiger partial charge in [0.25, 0.3) is 0 Å². The Morgan fingerprint density at radius 2 is 1.73 bits per heavy atom. The number of nitrogens with one attached hydrogen (secondary N) is 1. The third kappa shape index (κ3) is 3.22. The minimum atomic E-state index is -0.923. The van der Waals surface area contributed by atoms with Crippen LogP contribution >= 0.6 is 11.6 Å². The van der Waals surface area contributed by atoms with Crippen molar-refractivity contribution in [3.8, 4) is 0 Å².